The van der Waals surface area contributed by atoms with Gasteiger partial charge >= 0.3 is 6.18 Å². The number of pyridine rings is 1. The molecule has 0 spiro atoms. The number of sulfonamides is 1. The molecule has 228 valence electrons. The van der Waals surface area contributed by atoms with E-state index in [2.05, 4.69) is 25.0 Å². The van der Waals surface area contributed by atoms with Crippen molar-refractivity contribution in [3.8, 4) is 22.9 Å². The fraction of sp³-hybridized carbons (Fsp3) is 0.345. The van der Waals surface area contributed by atoms with Gasteiger partial charge in [-0.05, 0) is 62.9 Å². The first-order chi connectivity index (χ1) is 20.4. The van der Waals surface area contributed by atoms with Crippen molar-refractivity contribution in [3.63, 3.8) is 0 Å². The van der Waals surface area contributed by atoms with Gasteiger partial charge in [0.1, 0.15) is 11.6 Å². The molecule has 9 nitrogen and oxygen atoms in total. The van der Waals surface area contributed by atoms with Gasteiger partial charge in [-0.1, -0.05) is 12.1 Å². The summed E-state index contributed by atoms with van der Waals surface area (Å²) in [5, 5.41) is 3.79. The average molecular weight is 619 g/mol. The first-order valence-corrected chi connectivity index (χ1v) is 15.3. The Morgan fingerprint density at radius 2 is 1.79 bits per heavy atom. The summed E-state index contributed by atoms with van der Waals surface area (Å²) in [4.78, 5) is 13.3. The predicted octanol–water partition coefficient (Wildman–Crippen LogP) is 6.31. The molecule has 2 heterocycles. The highest BCUT2D eigenvalue weighted by molar-refractivity contribution is 7.92. The standard InChI is InChI=1S/C29H30F4N6O3S/c1-17-23(30)16-22-20(4-2-6-25(22)39-43(40,41)15-12-29(31,32)33)26(17)42-27-21(5-3-13-35-27)24-11-14-36-28(38-24)37-19-9-7-18(34)8-10-19/h2-6,11,13-14,16,18-19,39H,7-10,12,15,34H2,1H3,(H,36,37,38). The Balaban J connectivity index is 1.47. The quantitative estimate of drug-likeness (QED) is 0.186. The van der Waals surface area contributed by atoms with Gasteiger partial charge in [-0.3, -0.25) is 4.72 Å². The van der Waals surface area contributed by atoms with Gasteiger partial charge in [0.25, 0.3) is 0 Å². The van der Waals surface area contributed by atoms with Crippen molar-refractivity contribution >= 4 is 32.4 Å². The van der Waals surface area contributed by atoms with E-state index in [1.54, 1.807) is 30.5 Å². The Bertz CT molecular complexity index is 1730. The number of nitrogens with one attached hydrogen (secondary N) is 2. The molecule has 0 radical (unpaired) electrons. The summed E-state index contributed by atoms with van der Waals surface area (Å²) < 4.78 is 86.3. The summed E-state index contributed by atoms with van der Waals surface area (Å²) in [5.74, 6) is -1.27. The van der Waals surface area contributed by atoms with E-state index in [0.29, 0.717) is 22.6 Å². The van der Waals surface area contributed by atoms with Crippen LogP contribution in [0.5, 0.6) is 11.6 Å². The summed E-state index contributed by atoms with van der Waals surface area (Å²) in [6.07, 6.45) is 0.572. The van der Waals surface area contributed by atoms with Gasteiger partial charge < -0.3 is 15.8 Å². The lowest BCUT2D eigenvalue weighted by molar-refractivity contribution is -0.129. The summed E-state index contributed by atoms with van der Waals surface area (Å²) in [6.45, 7) is 1.50. The molecule has 1 aliphatic rings. The van der Waals surface area contributed by atoms with E-state index >= 15 is 4.39 Å². The Morgan fingerprint density at radius 3 is 2.53 bits per heavy atom. The Morgan fingerprint density at radius 1 is 1.02 bits per heavy atom. The third-order valence-electron chi connectivity index (χ3n) is 7.25. The first kappa shape index (κ1) is 30.4. The number of alkyl halides is 3. The number of hydrogen-bond donors (Lipinski definition) is 3. The molecule has 43 heavy (non-hydrogen) atoms. The minimum atomic E-state index is -4.65. The second-order valence-corrected chi connectivity index (χ2v) is 12.3. The molecule has 1 fully saturated rings. The number of nitrogens with two attached hydrogens (primary N) is 1. The monoisotopic (exact) mass is 618 g/mol. The van der Waals surface area contributed by atoms with E-state index < -0.39 is 34.2 Å². The maximum Gasteiger partial charge on any atom is 0.390 e. The highest BCUT2D eigenvalue weighted by Gasteiger charge is 2.30. The molecule has 0 saturated heterocycles. The summed E-state index contributed by atoms with van der Waals surface area (Å²) in [5.41, 5.74) is 7.06. The third kappa shape index (κ3) is 7.49. The molecule has 4 N–H and O–H groups in total. The van der Waals surface area contributed by atoms with Gasteiger partial charge in [0.05, 0.1) is 29.1 Å². The molecule has 0 unspecified atom stereocenters. The van der Waals surface area contributed by atoms with E-state index in [1.807, 2.05) is 0 Å². The SMILES string of the molecule is Cc1c(F)cc2c(NS(=O)(=O)CCC(F)(F)F)cccc2c1Oc1ncccc1-c1ccnc(NC2CCC(N)CC2)n1. The van der Waals surface area contributed by atoms with Gasteiger partial charge in [-0.25, -0.2) is 27.8 Å². The zero-order valence-electron chi connectivity index (χ0n) is 23.2. The van der Waals surface area contributed by atoms with Crippen LogP contribution >= 0.6 is 0 Å². The number of nitrogens with zero attached hydrogens (tertiary/aromatic N) is 3. The molecule has 0 bridgehead atoms. The van der Waals surface area contributed by atoms with E-state index in [9.17, 15) is 21.6 Å². The van der Waals surface area contributed by atoms with Gasteiger partial charge in [0.2, 0.25) is 21.9 Å². The molecule has 0 atom stereocenters. The number of hydrogen-bond acceptors (Lipinski definition) is 8. The summed E-state index contributed by atoms with van der Waals surface area (Å²) in [7, 11) is -4.39. The van der Waals surface area contributed by atoms with E-state index in [4.69, 9.17) is 10.5 Å². The average Bonchev–Trinajstić information content (AvgIpc) is 2.96. The number of rotatable bonds is 9. The third-order valence-corrected chi connectivity index (χ3v) is 8.52. The smallest absolute Gasteiger partial charge is 0.390 e. The lowest BCUT2D eigenvalue weighted by Crippen LogP contribution is -2.33. The molecule has 2 aromatic heterocycles. The second-order valence-electron chi connectivity index (χ2n) is 10.5. The number of benzene rings is 2. The van der Waals surface area contributed by atoms with E-state index in [1.165, 1.54) is 25.3 Å². The van der Waals surface area contributed by atoms with Crippen LogP contribution in [-0.4, -0.2) is 47.4 Å². The number of anilines is 2. The zero-order valence-corrected chi connectivity index (χ0v) is 24.0. The largest absolute Gasteiger partial charge is 0.437 e. The highest BCUT2D eigenvalue weighted by Crippen LogP contribution is 2.40. The van der Waals surface area contributed by atoms with Gasteiger partial charge in [0.15, 0.2) is 0 Å². The van der Waals surface area contributed by atoms with Crippen LogP contribution < -0.4 is 20.5 Å². The molecular weight excluding hydrogens is 588 g/mol. The molecule has 5 rings (SSSR count). The van der Waals surface area contributed by atoms with Crippen molar-refractivity contribution in [1.29, 1.82) is 0 Å². The Labute approximate surface area is 246 Å². The van der Waals surface area contributed by atoms with Crippen LogP contribution in [-0.2, 0) is 10.0 Å². The predicted molar refractivity (Wildman–Crippen MR) is 156 cm³/mol. The molecule has 2 aromatic carbocycles. The maximum absolute atomic E-state index is 15.2. The van der Waals surface area contributed by atoms with Crippen LogP contribution in [0, 0.1) is 12.7 Å². The minimum absolute atomic E-state index is 0.0669. The fourth-order valence-electron chi connectivity index (χ4n) is 4.94. The summed E-state index contributed by atoms with van der Waals surface area (Å²) >= 11 is 0. The van der Waals surface area contributed by atoms with E-state index in [-0.39, 0.29) is 40.4 Å². The minimum Gasteiger partial charge on any atom is -0.437 e. The van der Waals surface area contributed by atoms with Crippen LogP contribution in [0.1, 0.15) is 37.7 Å². The molecule has 0 amide bonds. The van der Waals surface area contributed by atoms with Crippen molar-refractivity contribution in [2.24, 2.45) is 5.73 Å². The van der Waals surface area contributed by atoms with Crippen LogP contribution in [0.3, 0.4) is 0 Å². The van der Waals surface area contributed by atoms with Crippen LogP contribution in [0.2, 0.25) is 0 Å². The number of aromatic nitrogens is 3. The second kappa shape index (κ2) is 12.3. The lowest BCUT2D eigenvalue weighted by Gasteiger charge is -2.26. The van der Waals surface area contributed by atoms with Crippen LogP contribution in [0.4, 0.5) is 29.2 Å². The molecule has 0 aliphatic heterocycles. The van der Waals surface area contributed by atoms with Gasteiger partial charge in [-0.2, -0.15) is 13.2 Å². The normalized spacial score (nSPS) is 17.5. The zero-order chi connectivity index (χ0) is 30.8. The van der Waals surface area contributed by atoms with E-state index in [0.717, 1.165) is 31.7 Å². The number of fused-ring (bicyclic) bond motifs is 1. The number of ether oxygens (including phenoxy) is 1. The molecule has 14 heteroatoms. The lowest BCUT2D eigenvalue weighted by atomic mass is 9.92. The molecular formula is C29H30F4N6O3S. The van der Waals surface area contributed by atoms with Gasteiger partial charge in [-0.15, -0.1) is 0 Å². The molecule has 4 aromatic rings. The topological polar surface area (TPSA) is 132 Å². The molecule has 1 saturated carbocycles. The Kier molecular flexibility index (Phi) is 8.69. The fourth-order valence-corrected chi connectivity index (χ4v) is 6.06. The van der Waals surface area contributed by atoms with Crippen molar-refractivity contribution in [2.75, 3.05) is 15.8 Å². The Hall–Kier alpha value is -4.04. The number of halogens is 4. The van der Waals surface area contributed by atoms with Crippen molar-refractivity contribution < 1.29 is 30.7 Å². The van der Waals surface area contributed by atoms with Crippen molar-refractivity contribution in [1.82, 2.24) is 15.0 Å². The highest BCUT2D eigenvalue weighted by atomic mass is 32.2. The van der Waals surface area contributed by atoms with Crippen LogP contribution in [0.25, 0.3) is 22.0 Å². The maximum atomic E-state index is 15.2. The summed E-state index contributed by atoms with van der Waals surface area (Å²) in [6, 6.07) is 11.1. The van der Waals surface area contributed by atoms with Crippen molar-refractivity contribution in [2.45, 2.75) is 57.3 Å². The molecule has 1 aliphatic carbocycles. The van der Waals surface area contributed by atoms with Crippen molar-refractivity contribution in [3.05, 3.63) is 66.2 Å². The van der Waals surface area contributed by atoms with Crippen LogP contribution in [0.15, 0.2) is 54.9 Å². The first-order valence-electron chi connectivity index (χ1n) is 13.7. The van der Waals surface area contributed by atoms with Gasteiger partial charge in [0, 0.05) is 40.8 Å².